The Kier molecular flexibility index (Phi) is 3.62. The standard InChI is InChI=1S/C17H14N2O3/c1-22-17(21)14(15(20)11-7-3-2-4-8-11)16-18-12-9-5-6-10-13(12)19-16/h2-10,20H,1H3,(H,18,19)/b15-14-. The van der Waals surface area contributed by atoms with Crippen LogP contribution in [0.3, 0.4) is 0 Å². The number of nitrogens with one attached hydrogen (secondary N) is 1. The molecule has 5 nitrogen and oxygen atoms in total. The fourth-order valence-corrected chi connectivity index (χ4v) is 2.22. The molecular formula is C17H14N2O3. The molecule has 3 rings (SSSR count). The third kappa shape index (κ3) is 2.44. The highest BCUT2D eigenvalue weighted by molar-refractivity contribution is 6.22. The third-order valence-corrected chi connectivity index (χ3v) is 3.30. The van der Waals surface area contributed by atoms with Gasteiger partial charge in [0.05, 0.1) is 18.1 Å². The Morgan fingerprint density at radius 3 is 2.45 bits per heavy atom. The van der Waals surface area contributed by atoms with E-state index in [1.807, 2.05) is 30.3 Å². The van der Waals surface area contributed by atoms with Gasteiger partial charge in [0.1, 0.15) is 17.2 Å². The van der Waals surface area contributed by atoms with Crippen LogP contribution in [-0.4, -0.2) is 28.2 Å². The van der Waals surface area contributed by atoms with E-state index in [0.717, 1.165) is 5.52 Å². The molecule has 0 atom stereocenters. The first-order chi connectivity index (χ1) is 10.7. The van der Waals surface area contributed by atoms with Gasteiger partial charge in [-0.2, -0.15) is 0 Å². The van der Waals surface area contributed by atoms with Gasteiger partial charge in [-0.15, -0.1) is 0 Å². The van der Waals surface area contributed by atoms with Crippen molar-refractivity contribution in [3.8, 4) is 0 Å². The number of hydrogen-bond acceptors (Lipinski definition) is 4. The van der Waals surface area contributed by atoms with Crippen molar-refractivity contribution in [1.29, 1.82) is 0 Å². The van der Waals surface area contributed by atoms with Crippen LogP contribution in [0, 0.1) is 0 Å². The van der Waals surface area contributed by atoms with E-state index in [0.29, 0.717) is 11.1 Å². The quantitative estimate of drug-likeness (QED) is 0.442. The summed E-state index contributed by atoms with van der Waals surface area (Å²) in [4.78, 5) is 19.5. The van der Waals surface area contributed by atoms with Crippen LogP contribution in [0.25, 0.3) is 22.4 Å². The summed E-state index contributed by atoms with van der Waals surface area (Å²) in [6.45, 7) is 0. The van der Waals surface area contributed by atoms with E-state index < -0.39 is 5.97 Å². The number of carbonyl (C=O) groups is 1. The fraction of sp³-hybridized carbons (Fsp3) is 0.0588. The molecule has 0 bridgehead atoms. The number of H-pyrrole nitrogens is 1. The van der Waals surface area contributed by atoms with Gasteiger partial charge in [0.25, 0.3) is 0 Å². The SMILES string of the molecule is COC(=O)/C(=C(\O)c1ccccc1)c1nc2ccccc2[nH]1. The minimum absolute atomic E-state index is 0.00454. The number of aromatic nitrogens is 2. The monoisotopic (exact) mass is 294 g/mol. The molecule has 5 heteroatoms. The lowest BCUT2D eigenvalue weighted by molar-refractivity contribution is -0.133. The van der Waals surface area contributed by atoms with Gasteiger partial charge in [0.15, 0.2) is 0 Å². The van der Waals surface area contributed by atoms with Crippen LogP contribution < -0.4 is 0 Å². The predicted octanol–water partition coefficient (Wildman–Crippen LogP) is 3.16. The molecule has 1 aromatic heterocycles. The van der Waals surface area contributed by atoms with Gasteiger partial charge in [0, 0.05) is 5.56 Å². The van der Waals surface area contributed by atoms with E-state index in [2.05, 4.69) is 9.97 Å². The molecule has 0 aliphatic heterocycles. The number of aliphatic hydroxyl groups is 1. The van der Waals surface area contributed by atoms with E-state index in [9.17, 15) is 9.90 Å². The number of nitrogens with zero attached hydrogens (tertiary/aromatic N) is 1. The Bertz CT molecular complexity index is 817. The molecule has 0 aliphatic carbocycles. The number of rotatable bonds is 3. The molecule has 0 radical (unpaired) electrons. The molecule has 0 aliphatic rings. The summed E-state index contributed by atoms with van der Waals surface area (Å²) in [5.74, 6) is -0.554. The molecule has 0 saturated heterocycles. The first-order valence-corrected chi connectivity index (χ1v) is 6.73. The minimum Gasteiger partial charge on any atom is -0.506 e. The highest BCUT2D eigenvalue weighted by atomic mass is 16.5. The van der Waals surface area contributed by atoms with E-state index in [1.165, 1.54) is 7.11 Å². The van der Waals surface area contributed by atoms with Crippen LogP contribution in [0.5, 0.6) is 0 Å². The highest BCUT2D eigenvalue weighted by Gasteiger charge is 2.22. The molecular weight excluding hydrogens is 280 g/mol. The lowest BCUT2D eigenvalue weighted by atomic mass is 10.1. The predicted molar refractivity (Wildman–Crippen MR) is 84.0 cm³/mol. The van der Waals surface area contributed by atoms with Gasteiger partial charge >= 0.3 is 5.97 Å². The summed E-state index contributed by atoms with van der Waals surface area (Å²) in [5, 5.41) is 10.5. The zero-order chi connectivity index (χ0) is 15.5. The Morgan fingerprint density at radius 2 is 1.77 bits per heavy atom. The van der Waals surface area contributed by atoms with Crippen LogP contribution in [0.4, 0.5) is 0 Å². The van der Waals surface area contributed by atoms with Gasteiger partial charge in [-0.1, -0.05) is 42.5 Å². The van der Waals surface area contributed by atoms with Crippen molar-refractivity contribution in [2.45, 2.75) is 0 Å². The van der Waals surface area contributed by atoms with Crippen LogP contribution in [0.2, 0.25) is 0 Å². The maximum atomic E-state index is 12.1. The molecule has 0 fully saturated rings. The largest absolute Gasteiger partial charge is 0.506 e. The maximum absolute atomic E-state index is 12.1. The Balaban J connectivity index is 2.20. The van der Waals surface area contributed by atoms with Gasteiger partial charge < -0.3 is 14.8 Å². The van der Waals surface area contributed by atoms with Crippen LogP contribution in [0.15, 0.2) is 54.6 Å². The van der Waals surface area contributed by atoms with Gasteiger partial charge in [-0.05, 0) is 12.1 Å². The number of ether oxygens (including phenoxy) is 1. The number of fused-ring (bicyclic) bond motifs is 1. The summed E-state index contributed by atoms with van der Waals surface area (Å²) in [6, 6.07) is 16.2. The average molecular weight is 294 g/mol. The van der Waals surface area contributed by atoms with Crippen LogP contribution in [0.1, 0.15) is 11.4 Å². The zero-order valence-electron chi connectivity index (χ0n) is 11.9. The molecule has 0 unspecified atom stereocenters. The van der Waals surface area contributed by atoms with Crippen molar-refractivity contribution < 1.29 is 14.6 Å². The molecule has 2 N–H and O–H groups in total. The Hall–Kier alpha value is -3.08. The van der Waals surface area contributed by atoms with Crippen molar-refractivity contribution in [3.63, 3.8) is 0 Å². The molecule has 2 aromatic carbocycles. The lowest BCUT2D eigenvalue weighted by Crippen LogP contribution is -2.08. The van der Waals surface area contributed by atoms with Crippen molar-refractivity contribution >= 4 is 28.3 Å². The zero-order valence-corrected chi connectivity index (χ0v) is 11.9. The number of para-hydroxylation sites is 2. The van der Waals surface area contributed by atoms with Crippen molar-refractivity contribution in [2.24, 2.45) is 0 Å². The normalized spacial score (nSPS) is 12.0. The first-order valence-electron chi connectivity index (χ1n) is 6.73. The first kappa shape index (κ1) is 13.9. The summed E-state index contributed by atoms with van der Waals surface area (Å²) in [5.41, 5.74) is 2.01. The van der Waals surface area contributed by atoms with Crippen molar-refractivity contribution in [1.82, 2.24) is 9.97 Å². The minimum atomic E-state index is -0.652. The lowest BCUT2D eigenvalue weighted by Gasteiger charge is -2.07. The number of benzene rings is 2. The summed E-state index contributed by atoms with van der Waals surface area (Å²) in [6.07, 6.45) is 0. The molecule has 0 saturated carbocycles. The average Bonchev–Trinajstić information content (AvgIpc) is 2.99. The Morgan fingerprint density at radius 1 is 1.09 bits per heavy atom. The second-order valence-electron chi connectivity index (χ2n) is 4.68. The molecule has 22 heavy (non-hydrogen) atoms. The number of hydrogen-bond donors (Lipinski definition) is 2. The number of aromatic amines is 1. The van der Waals surface area contributed by atoms with E-state index in [1.54, 1.807) is 24.3 Å². The number of methoxy groups -OCH3 is 1. The number of aliphatic hydroxyl groups excluding tert-OH is 1. The Labute approximate surface area is 126 Å². The molecule has 0 spiro atoms. The number of carbonyl (C=O) groups excluding carboxylic acids is 1. The molecule has 110 valence electrons. The molecule has 3 aromatic rings. The fourth-order valence-electron chi connectivity index (χ4n) is 2.22. The number of esters is 1. The summed E-state index contributed by atoms with van der Waals surface area (Å²) >= 11 is 0. The summed E-state index contributed by atoms with van der Waals surface area (Å²) in [7, 11) is 1.27. The molecule has 0 amide bonds. The number of imidazole rings is 1. The second kappa shape index (κ2) is 5.73. The second-order valence-corrected chi connectivity index (χ2v) is 4.68. The van der Waals surface area contributed by atoms with Gasteiger partial charge in [0.2, 0.25) is 0 Å². The third-order valence-electron chi connectivity index (χ3n) is 3.30. The van der Waals surface area contributed by atoms with Crippen molar-refractivity contribution in [3.05, 3.63) is 66.0 Å². The smallest absolute Gasteiger partial charge is 0.345 e. The topological polar surface area (TPSA) is 75.2 Å². The maximum Gasteiger partial charge on any atom is 0.345 e. The van der Waals surface area contributed by atoms with E-state index in [4.69, 9.17) is 4.74 Å². The van der Waals surface area contributed by atoms with Crippen LogP contribution in [-0.2, 0) is 9.53 Å². The summed E-state index contributed by atoms with van der Waals surface area (Å²) < 4.78 is 4.79. The van der Waals surface area contributed by atoms with E-state index in [-0.39, 0.29) is 17.2 Å². The van der Waals surface area contributed by atoms with Gasteiger partial charge in [-0.3, -0.25) is 0 Å². The molecule has 1 heterocycles. The van der Waals surface area contributed by atoms with E-state index >= 15 is 0 Å². The van der Waals surface area contributed by atoms with Gasteiger partial charge in [-0.25, -0.2) is 9.78 Å². The van der Waals surface area contributed by atoms with Crippen molar-refractivity contribution in [2.75, 3.05) is 7.11 Å². The van der Waals surface area contributed by atoms with Crippen LogP contribution >= 0.6 is 0 Å². The highest BCUT2D eigenvalue weighted by Crippen LogP contribution is 2.25.